The number of piperazine rings is 1. The molecule has 0 N–H and O–H groups in total. The maximum absolute atomic E-state index is 13.1. The third-order valence-electron chi connectivity index (χ3n) is 5.53. The SMILES string of the molecule is COc1cc(C(=O)C(C)N2CCN(Cc3ccccc3)CC2)cc(OC)c1OC. The fourth-order valence-electron chi connectivity index (χ4n) is 3.78. The average molecular weight is 399 g/mol. The Morgan fingerprint density at radius 2 is 1.52 bits per heavy atom. The van der Waals surface area contributed by atoms with E-state index in [2.05, 4.69) is 34.1 Å². The zero-order valence-corrected chi connectivity index (χ0v) is 17.7. The number of carbonyl (C=O) groups is 1. The molecule has 1 fully saturated rings. The molecule has 3 rings (SSSR count). The van der Waals surface area contributed by atoms with Gasteiger partial charge in [0.05, 0.1) is 27.4 Å². The summed E-state index contributed by atoms with van der Waals surface area (Å²) < 4.78 is 16.1. The summed E-state index contributed by atoms with van der Waals surface area (Å²) in [5, 5.41) is 0. The highest BCUT2D eigenvalue weighted by molar-refractivity contribution is 6.01. The largest absolute Gasteiger partial charge is 0.493 e. The number of nitrogens with zero attached hydrogens (tertiary/aromatic N) is 2. The Hall–Kier alpha value is -2.57. The van der Waals surface area contributed by atoms with Gasteiger partial charge in [0.2, 0.25) is 5.75 Å². The van der Waals surface area contributed by atoms with Crippen LogP contribution in [0.5, 0.6) is 17.2 Å². The van der Waals surface area contributed by atoms with Crippen LogP contribution in [-0.2, 0) is 6.54 Å². The molecule has 0 bridgehead atoms. The van der Waals surface area contributed by atoms with Crippen LogP contribution in [0.2, 0.25) is 0 Å². The van der Waals surface area contributed by atoms with Crippen molar-refractivity contribution >= 4 is 5.78 Å². The molecule has 0 aliphatic carbocycles. The summed E-state index contributed by atoms with van der Waals surface area (Å²) in [6, 6.07) is 13.7. The molecular weight excluding hydrogens is 368 g/mol. The molecule has 6 heteroatoms. The Kier molecular flexibility index (Phi) is 7.12. The summed E-state index contributed by atoms with van der Waals surface area (Å²) in [4.78, 5) is 17.8. The van der Waals surface area contributed by atoms with E-state index in [0.717, 1.165) is 32.7 Å². The molecule has 0 saturated carbocycles. The van der Waals surface area contributed by atoms with Crippen LogP contribution in [-0.4, -0.2) is 69.1 Å². The number of rotatable bonds is 8. The molecule has 6 nitrogen and oxygen atoms in total. The number of hydrogen-bond acceptors (Lipinski definition) is 6. The van der Waals surface area contributed by atoms with Crippen LogP contribution in [0.1, 0.15) is 22.8 Å². The zero-order valence-electron chi connectivity index (χ0n) is 17.7. The van der Waals surface area contributed by atoms with E-state index < -0.39 is 0 Å². The second-order valence-electron chi connectivity index (χ2n) is 7.25. The van der Waals surface area contributed by atoms with E-state index in [4.69, 9.17) is 14.2 Å². The normalized spacial score (nSPS) is 16.3. The summed E-state index contributed by atoms with van der Waals surface area (Å²) in [5.74, 6) is 1.54. The van der Waals surface area contributed by atoms with E-state index in [1.54, 1.807) is 33.5 Å². The highest BCUT2D eigenvalue weighted by Crippen LogP contribution is 2.38. The number of ether oxygens (including phenoxy) is 3. The van der Waals surface area contributed by atoms with Gasteiger partial charge in [0.1, 0.15) is 0 Å². The first-order valence-electron chi connectivity index (χ1n) is 9.92. The van der Waals surface area contributed by atoms with Crippen LogP contribution in [0.25, 0.3) is 0 Å². The van der Waals surface area contributed by atoms with Crippen molar-refractivity contribution in [2.75, 3.05) is 47.5 Å². The Labute approximate surface area is 173 Å². The zero-order chi connectivity index (χ0) is 20.8. The first kappa shape index (κ1) is 21.1. The van der Waals surface area contributed by atoms with Crippen molar-refractivity contribution in [1.82, 2.24) is 9.80 Å². The van der Waals surface area contributed by atoms with Gasteiger partial charge in [-0.25, -0.2) is 0 Å². The van der Waals surface area contributed by atoms with Gasteiger partial charge in [0, 0.05) is 38.3 Å². The summed E-state index contributed by atoms with van der Waals surface area (Å²) in [7, 11) is 4.67. The van der Waals surface area contributed by atoms with Crippen molar-refractivity contribution in [3.8, 4) is 17.2 Å². The van der Waals surface area contributed by atoms with E-state index in [-0.39, 0.29) is 11.8 Å². The fourth-order valence-corrected chi connectivity index (χ4v) is 3.78. The number of methoxy groups -OCH3 is 3. The van der Waals surface area contributed by atoms with E-state index in [1.807, 2.05) is 13.0 Å². The molecule has 2 aromatic rings. The monoisotopic (exact) mass is 398 g/mol. The lowest BCUT2D eigenvalue weighted by Gasteiger charge is -2.37. The van der Waals surface area contributed by atoms with E-state index >= 15 is 0 Å². The third kappa shape index (κ3) is 4.89. The molecule has 1 saturated heterocycles. The lowest BCUT2D eigenvalue weighted by molar-refractivity contribution is 0.0686. The Morgan fingerprint density at radius 1 is 0.931 bits per heavy atom. The van der Waals surface area contributed by atoms with Crippen molar-refractivity contribution in [3.63, 3.8) is 0 Å². The minimum Gasteiger partial charge on any atom is -0.493 e. The maximum Gasteiger partial charge on any atom is 0.203 e. The van der Waals surface area contributed by atoms with Gasteiger partial charge in [-0.1, -0.05) is 30.3 Å². The van der Waals surface area contributed by atoms with Gasteiger partial charge in [0.15, 0.2) is 17.3 Å². The average Bonchev–Trinajstić information content (AvgIpc) is 2.78. The first-order valence-corrected chi connectivity index (χ1v) is 9.92. The first-order chi connectivity index (χ1) is 14.1. The highest BCUT2D eigenvalue weighted by Gasteiger charge is 2.28. The summed E-state index contributed by atoms with van der Waals surface area (Å²) >= 11 is 0. The molecule has 29 heavy (non-hydrogen) atoms. The molecule has 1 aliphatic rings. The Balaban J connectivity index is 1.65. The van der Waals surface area contributed by atoms with Crippen molar-refractivity contribution in [1.29, 1.82) is 0 Å². The summed E-state index contributed by atoms with van der Waals surface area (Å²) in [6.07, 6.45) is 0. The van der Waals surface area contributed by atoms with Crippen molar-refractivity contribution < 1.29 is 19.0 Å². The molecule has 1 unspecified atom stereocenters. The summed E-state index contributed by atoms with van der Waals surface area (Å²) in [6.45, 7) is 6.54. The summed E-state index contributed by atoms with van der Waals surface area (Å²) in [5.41, 5.74) is 1.89. The van der Waals surface area contributed by atoms with Crippen LogP contribution < -0.4 is 14.2 Å². The highest BCUT2D eigenvalue weighted by atomic mass is 16.5. The molecule has 1 aliphatic heterocycles. The van der Waals surface area contributed by atoms with Crippen LogP contribution >= 0.6 is 0 Å². The fraction of sp³-hybridized carbons (Fsp3) is 0.435. The quantitative estimate of drug-likeness (QED) is 0.637. The Bertz CT molecular complexity index is 792. The number of carbonyl (C=O) groups excluding carboxylic acids is 1. The number of hydrogen-bond donors (Lipinski definition) is 0. The number of benzene rings is 2. The molecule has 1 atom stereocenters. The minimum atomic E-state index is -0.211. The Morgan fingerprint density at radius 3 is 2.03 bits per heavy atom. The van der Waals surface area contributed by atoms with Crippen LogP contribution in [0.4, 0.5) is 0 Å². The third-order valence-corrected chi connectivity index (χ3v) is 5.53. The van der Waals surface area contributed by atoms with E-state index in [9.17, 15) is 4.79 Å². The molecule has 0 spiro atoms. The van der Waals surface area contributed by atoms with Gasteiger partial charge >= 0.3 is 0 Å². The van der Waals surface area contributed by atoms with Gasteiger partial charge in [-0.3, -0.25) is 14.6 Å². The van der Waals surface area contributed by atoms with Crippen LogP contribution in [0, 0.1) is 0 Å². The van der Waals surface area contributed by atoms with Crippen LogP contribution in [0.3, 0.4) is 0 Å². The van der Waals surface area contributed by atoms with Gasteiger partial charge in [0.25, 0.3) is 0 Å². The second-order valence-corrected chi connectivity index (χ2v) is 7.25. The van der Waals surface area contributed by atoms with Crippen LogP contribution in [0.15, 0.2) is 42.5 Å². The lowest BCUT2D eigenvalue weighted by atomic mass is 10.0. The second kappa shape index (κ2) is 9.76. The van der Waals surface area contributed by atoms with Gasteiger partial charge in [-0.2, -0.15) is 0 Å². The molecule has 0 radical (unpaired) electrons. The standard InChI is InChI=1S/C23H30N2O4/c1-17(22(26)19-14-20(27-2)23(29-4)21(15-19)28-3)25-12-10-24(11-13-25)16-18-8-6-5-7-9-18/h5-9,14-15,17H,10-13,16H2,1-4H3. The molecule has 156 valence electrons. The lowest BCUT2D eigenvalue weighted by Crippen LogP contribution is -2.51. The number of ketones is 1. The molecule has 0 aromatic heterocycles. The smallest absolute Gasteiger partial charge is 0.203 e. The predicted molar refractivity (Wildman–Crippen MR) is 113 cm³/mol. The molecule has 1 heterocycles. The predicted octanol–water partition coefficient (Wildman–Crippen LogP) is 3.10. The molecule has 0 amide bonds. The van der Waals surface area contributed by atoms with Crippen molar-refractivity contribution in [2.24, 2.45) is 0 Å². The maximum atomic E-state index is 13.1. The minimum absolute atomic E-state index is 0.0563. The topological polar surface area (TPSA) is 51.2 Å². The van der Waals surface area contributed by atoms with Gasteiger partial charge in [-0.05, 0) is 24.6 Å². The number of Topliss-reactive ketones (excluding diaryl/α,β-unsaturated/α-hetero) is 1. The van der Waals surface area contributed by atoms with Crippen molar-refractivity contribution in [2.45, 2.75) is 19.5 Å². The van der Waals surface area contributed by atoms with Gasteiger partial charge in [-0.15, -0.1) is 0 Å². The molecule has 2 aromatic carbocycles. The molecular formula is C23H30N2O4. The van der Waals surface area contributed by atoms with Crippen molar-refractivity contribution in [3.05, 3.63) is 53.6 Å². The van der Waals surface area contributed by atoms with Gasteiger partial charge < -0.3 is 14.2 Å². The van der Waals surface area contributed by atoms with E-state index in [0.29, 0.717) is 22.8 Å². The van der Waals surface area contributed by atoms with E-state index in [1.165, 1.54) is 5.56 Å².